The number of hydrogen-bond acceptors (Lipinski definition) is 4. The van der Waals surface area contributed by atoms with Crippen LogP contribution in [0.4, 0.5) is 5.82 Å². The lowest BCUT2D eigenvalue weighted by atomic mass is 9.93. The number of aromatic nitrogens is 3. The first-order chi connectivity index (χ1) is 13.2. The first kappa shape index (κ1) is 18.0. The first-order valence-corrected chi connectivity index (χ1v) is 10.2. The molecular formula is C21H29N5O. The van der Waals surface area contributed by atoms with Crippen molar-refractivity contribution in [3.8, 4) is 0 Å². The smallest absolute Gasteiger partial charge is 0.255 e. The van der Waals surface area contributed by atoms with E-state index in [-0.39, 0.29) is 5.91 Å². The van der Waals surface area contributed by atoms with Crippen LogP contribution in [0.1, 0.15) is 49.4 Å². The summed E-state index contributed by atoms with van der Waals surface area (Å²) in [6.07, 6.45) is 11.3. The molecule has 0 saturated carbocycles. The van der Waals surface area contributed by atoms with Gasteiger partial charge < -0.3 is 9.80 Å². The average molecular weight is 367 g/mol. The van der Waals surface area contributed by atoms with Crippen molar-refractivity contribution in [3.05, 3.63) is 42.4 Å². The topological polar surface area (TPSA) is 54.3 Å². The molecule has 2 saturated heterocycles. The highest BCUT2D eigenvalue weighted by atomic mass is 16.2. The van der Waals surface area contributed by atoms with E-state index in [0.717, 1.165) is 51.3 Å². The Kier molecular flexibility index (Phi) is 5.41. The lowest BCUT2D eigenvalue weighted by Crippen LogP contribution is -2.38. The maximum atomic E-state index is 12.8. The molecule has 27 heavy (non-hydrogen) atoms. The monoisotopic (exact) mass is 367 g/mol. The highest BCUT2D eigenvalue weighted by Gasteiger charge is 2.25. The maximum absolute atomic E-state index is 12.8. The summed E-state index contributed by atoms with van der Waals surface area (Å²) in [6.45, 7) is 5.95. The number of anilines is 1. The van der Waals surface area contributed by atoms with Crippen molar-refractivity contribution in [2.24, 2.45) is 5.92 Å². The van der Waals surface area contributed by atoms with Gasteiger partial charge in [-0.05, 0) is 63.1 Å². The molecule has 0 spiro atoms. The Morgan fingerprint density at radius 2 is 2.04 bits per heavy atom. The van der Waals surface area contributed by atoms with Gasteiger partial charge in [0.2, 0.25) is 0 Å². The van der Waals surface area contributed by atoms with Crippen LogP contribution in [0.5, 0.6) is 0 Å². The van der Waals surface area contributed by atoms with E-state index < -0.39 is 0 Å². The van der Waals surface area contributed by atoms with Crippen LogP contribution in [0.2, 0.25) is 0 Å². The highest BCUT2D eigenvalue weighted by Crippen LogP contribution is 2.25. The summed E-state index contributed by atoms with van der Waals surface area (Å²) in [5.74, 6) is 1.79. The molecule has 0 unspecified atom stereocenters. The molecule has 6 heteroatoms. The molecule has 144 valence electrons. The summed E-state index contributed by atoms with van der Waals surface area (Å²) >= 11 is 0. The molecule has 1 atom stereocenters. The second-order valence-corrected chi connectivity index (χ2v) is 7.88. The van der Waals surface area contributed by atoms with E-state index in [1.807, 2.05) is 40.2 Å². The Hall–Kier alpha value is -2.37. The summed E-state index contributed by atoms with van der Waals surface area (Å²) in [6, 6.07) is 6.45. The minimum atomic E-state index is 0.119. The SMILES string of the molecule is C[C@H]1CCCN1c1ccc(C(=O)N2CCC(CCn3cccn3)CC2)cn1. The first-order valence-electron chi connectivity index (χ1n) is 10.2. The molecule has 0 N–H and O–H groups in total. The number of pyridine rings is 1. The predicted octanol–water partition coefficient (Wildman–Crippen LogP) is 3.21. The van der Waals surface area contributed by atoms with Gasteiger partial charge >= 0.3 is 0 Å². The molecule has 1 amide bonds. The maximum Gasteiger partial charge on any atom is 0.255 e. The minimum Gasteiger partial charge on any atom is -0.354 e. The molecule has 2 aliphatic rings. The van der Waals surface area contributed by atoms with E-state index in [4.69, 9.17) is 0 Å². The van der Waals surface area contributed by atoms with Crippen LogP contribution >= 0.6 is 0 Å². The third kappa shape index (κ3) is 4.15. The summed E-state index contributed by atoms with van der Waals surface area (Å²) in [5, 5.41) is 4.27. The quantitative estimate of drug-likeness (QED) is 0.814. The normalized spacial score (nSPS) is 21.0. The van der Waals surface area contributed by atoms with E-state index in [1.54, 1.807) is 6.20 Å². The van der Waals surface area contributed by atoms with Gasteiger partial charge in [-0.3, -0.25) is 9.48 Å². The van der Waals surface area contributed by atoms with Crippen LogP contribution in [-0.2, 0) is 6.54 Å². The zero-order valence-electron chi connectivity index (χ0n) is 16.1. The fourth-order valence-corrected chi connectivity index (χ4v) is 4.31. The van der Waals surface area contributed by atoms with Crippen LogP contribution in [0.25, 0.3) is 0 Å². The summed E-state index contributed by atoms with van der Waals surface area (Å²) in [5.41, 5.74) is 0.709. The number of carbonyl (C=O) groups is 1. The van der Waals surface area contributed by atoms with Crippen molar-refractivity contribution in [1.29, 1.82) is 0 Å². The van der Waals surface area contributed by atoms with Crippen LogP contribution in [0.15, 0.2) is 36.8 Å². The van der Waals surface area contributed by atoms with Gasteiger partial charge in [-0.25, -0.2) is 4.98 Å². The molecule has 0 radical (unpaired) electrons. The number of hydrogen-bond donors (Lipinski definition) is 0. The number of piperidine rings is 1. The molecule has 2 aromatic rings. The standard InChI is InChI=1S/C21H29N5O/c1-17-4-2-12-26(17)20-6-5-19(16-22-20)21(27)24-13-7-18(8-14-24)9-15-25-11-3-10-23-25/h3,5-6,10-11,16-18H,2,4,7-9,12-15H2,1H3/t17-/m0/s1. The van der Waals surface area contributed by atoms with Gasteiger partial charge in [-0.15, -0.1) is 0 Å². The number of rotatable bonds is 5. The van der Waals surface area contributed by atoms with Gasteiger partial charge in [-0.1, -0.05) is 0 Å². The van der Waals surface area contributed by atoms with Gasteiger partial charge in [0.1, 0.15) is 5.82 Å². The number of amides is 1. The minimum absolute atomic E-state index is 0.119. The Morgan fingerprint density at radius 3 is 2.67 bits per heavy atom. The Bertz CT molecular complexity index is 734. The molecule has 2 fully saturated rings. The Balaban J connectivity index is 1.28. The van der Waals surface area contributed by atoms with Gasteiger partial charge in [0.15, 0.2) is 0 Å². The number of likely N-dealkylation sites (tertiary alicyclic amines) is 1. The van der Waals surface area contributed by atoms with Crippen molar-refractivity contribution < 1.29 is 4.79 Å². The van der Waals surface area contributed by atoms with Crippen LogP contribution < -0.4 is 4.90 Å². The number of aryl methyl sites for hydroxylation is 1. The number of nitrogens with zero attached hydrogens (tertiary/aromatic N) is 5. The molecule has 4 heterocycles. The van der Waals surface area contributed by atoms with Crippen molar-refractivity contribution in [2.75, 3.05) is 24.5 Å². The van der Waals surface area contributed by atoms with E-state index in [1.165, 1.54) is 12.8 Å². The Labute approximate surface area is 161 Å². The molecule has 0 bridgehead atoms. The zero-order chi connectivity index (χ0) is 18.6. The summed E-state index contributed by atoms with van der Waals surface area (Å²) in [7, 11) is 0. The molecule has 2 aliphatic heterocycles. The van der Waals surface area contributed by atoms with E-state index in [2.05, 4.69) is 21.9 Å². The van der Waals surface area contributed by atoms with Crippen LogP contribution in [0.3, 0.4) is 0 Å². The molecule has 6 nitrogen and oxygen atoms in total. The van der Waals surface area contributed by atoms with E-state index >= 15 is 0 Å². The lowest BCUT2D eigenvalue weighted by molar-refractivity contribution is 0.0684. The predicted molar refractivity (Wildman–Crippen MR) is 106 cm³/mol. The molecular weight excluding hydrogens is 338 g/mol. The van der Waals surface area contributed by atoms with Crippen LogP contribution in [-0.4, -0.2) is 51.2 Å². The van der Waals surface area contributed by atoms with Gasteiger partial charge in [0, 0.05) is 50.8 Å². The number of carbonyl (C=O) groups excluding carboxylic acids is 1. The second kappa shape index (κ2) is 8.11. The van der Waals surface area contributed by atoms with Crippen molar-refractivity contribution in [3.63, 3.8) is 0 Å². The second-order valence-electron chi connectivity index (χ2n) is 7.88. The molecule has 4 rings (SSSR count). The summed E-state index contributed by atoms with van der Waals surface area (Å²) in [4.78, 5) is 21.7. The van der Waals surface area contributed by atoms with E-state index in [9.17, 15) is 4.79 Å². The van der Waals surface area contributed by atoms with Gasteiger partial charge in [-0.2, -0.15) is 5.10 Å². The third-order valence-electron chi connectivity index (χ3n) is 6.07. The highest BCUT2D eigenvalue weighted by molar-refractivity contribution is 5.94. The van der Waals surface area contributed by atoms with Crippen LogP contribution in [0, 0.1) is 5.92 Å². The molecule has 2 aromatic heterocycles. The van der Waals surface area contributed by atoms with Gasteiger partial charge in [0.05, 0.1) is 5.56 Å². The summed E-state index contributed by atoms with van der Waals surface area (Å²) < 4.78 is 1.99. The van der Waals surface area contributed by atoms with Gasteiger partial charge in [0.25, 0.3) is 5.91 Å². The van der Waals surface area contributed by atoms with Crippen molar-refractivity contribution >= 4 is 11.7 Å². The van der Waals surface area contributed by atoms with E-state index in [0.29, 0.717) is 17.5 Å². The molecule has 0 aromatic carbocycles. The Morgan fingerprint density at radius 1 is 1.19 bits per heavy atom. The lowest BCUT2D eigenvalue weighted by Gasteiger charge is -2.32. The zero-order valence-corrected chi connectivity index (χ0v) is 16.1. The van der Waals surface area contributed by atoms with Crippen molar-refractivity contribution in [1.82, 2.24) is 19.7 Å². The van der Waals surface area contributed by atoms with Crippen molar-refractivity contribution in [2.45, 2.75) is 51.6 Å². The fraction of sp³-hybridized carbons (Fsp3) is 0.571. The fourth-order valence-electron chi connectivity index (χ4n) is 4.31. The third-order valence-corrected chi connectivity index (χ3v) is 6.07. The largest absolute Gasteiger partial charge is 0.354 e. The molecule has 0 aliphatic carbocycles. The average Bonchev–Trinajstić information content (AvgIpc) is 3.38.